The van der Waals surface area contributed by atoms with Gasteiger partial charge < -0.3 is 14.9 Å². The number of hydrogen-bond acceptors (Lipinski definition) is 5. The summed E-state index contributed by atoms with van der Waals surface area (Å²) in [7, 11) is 1.98. The van der Waals surface area contributed by atoms with E-state index in [4.69, 9.17) is 0 Å². The van der Waals surface area contributed by atoms with Gasteiger partial charge in [-0.2, -0.15) is 0 Å². The van der Waals surface area contributed by atoms with Gasteiger partial charge in [-0.15, -0.1) is 0 Å². The molecular weight excluding hydrogens is 395 g/mol. The van der Waals surface area contributed by atoms with Crippen LogP contribution in [0.4, 0.5) is 10.1 Å². The molecule has 0 bridgehead atoms. The molecular formula is C24H23FN4O2. The van der Waals surface area contributed by atoms with Gasteiger partial charge in [-0.3, -0.25) is 9.78 Å². The zero-order valence-electron chi connectivity index (χ0n) is 17.1. The maximum absolute atomic E-state index is 13.8. The molecule has 1 amide bonds. The lowest BCUT2D eigenvalue weighted by Crippen LogP contribution is -2.48. The highest BCUT2D eigenvalue weighted by atomic mass is 19.1. The number of rotatable bonds is 3. The molecule has 0 saturated carbocycles. The molecule has 1 aromatic heterocycles. The highest BCUT2D eigenvalue weighted by Crippen LogP contribution is 2.49. The first-order valence-corrected chi connectivity index (χ1v) is 10.4. The Labute approximate surface area is 180 Å². The van der Waals surface area contributed by atoms with E-state index in [2.05, 4.69) is 14.9 Å². The summed E-state index contributed by atoms with van der Waals surface area (Å²) in [6.07, 6.45) is 5.33. The summed E-state index contributed by atoms with van der Waals surface area (Å²) in [5, 5.41) is 10.1. The first kappa shape index (κ1) is 19.6. The quantitative estimate of drug-likeness (QED) is 0.707. The highest BCUT2D eigenvalue weighted by molar-refractivity contribution is 5.93. The molecule has 31 heavy (non-hydrogen) atoms. The van der Waals surface area contributed by atoms with E-state index in [-0.39, 0.29) is 36.3 Å². The molecule has 5 rings (SSSR count). The van der Waals surface area contributed by atoms with Crippen LogP contribution in [0.1, 0.15) is 28.5 Å². The molecule has 2 aromatic carbocycles. The smallest absolute Gasteiger partial charge is 0.274 e. The van der Waals surface area contributed by atoms with Crippen molar-refractivity contribution in [3.63, 3.8) is 0 Å². The minimum Gasteiger partial charge on any atom is -0.394 e. The van der Waals surface area contributed by atoms with Crippen LogP contribution in [0.3, 0.4) is 0 Å². The molecule has 0 radical (unpaired) electrons. The van der Waals surface area contributed by atoms with Crippen LogP contribution in [0.2, 0.25) is 0 Å². The number of fused-ring (bicyclic) bond motifs is 3. The number of nitrogens with zero attached hydrogens (tertiary/aromatic N) is 4. The normalized spacial score (nSPS) is 22.2. The monoisotopic (exact) mass is 418 g/mol. The van der Waals surface area contributed by atoms with Gasteiger partial charge in [0.25, 0.3) is 5.91 Å². The fraction of sp³-hybridized carbons (Fsp3) is 0.292. The standard InChI is InChI=1S/C24H23FN4O2/c1-28-21-6-5-16(15-3-2-4-17(25)11-15)12-19(21)23-18(22(28)14-30)7-10-29(23)24(31)20-13-26-8-9-27-20/h2-6,8-9,11-13,18,22-23,30H,7,10,14H2,1H3/t18-,22+,23-/m0/s1. The predicted octanol–water partition coefficient (Wildman–Crippen LogP) is 3.30. The first-order chi connectivity index (χ1) is 15.1. The number of amides is 1. The van der Waals surface area contributed by atoms with Gasteiger partial charge in [0.2, 0.25) is 0 Å². The van der Waals surface area contributed by atoms with Crippen molar-refractivity contribution in [2.45, 2.75) is 18.5 Å². The molecule has 1 N–H and O–H groups in total. The number of likely N-dealkylation sites (tertiary alicyclic amines) is 1. The molecule has 3 aromatic rings. The zero-order chi connectivity index (χ0) is 21.5. The van der Waals surface area contributed by atoms with Crippen molar-refractivity contribution in [2.24, 2.45) is 5.92 Å². The Kier molecular flexibility index (Phi) is 4.90. The number of carbonyl (C=O) groups is 1. The molecule has 1 saturated heterocycles. The van der Waals surface area contributed by atoms with E-state index >= 15 is 0 Å². The molecule has 158 valence electrons. The molecule has 0 spiro atoms. The molecule has 1 fully saturated rings. The predicted molar refractivity (Wildman–Crippen MR) is 115 cm³/mol. The molecule has 3 atom stereocenters. The number of aliphatic hydroxyl groups excluding tert-OH is 1. The summed E-state index contributed by atoms with van der Waals surface area (Å²) in [5.41, 5.74) is 3.97. The van der Waals surface area contributed by atoms with Crippen molar-refractivity contribution in [3.05, 3.63) is 78.1 Å². The van der Waals surface area contributed by atoms with Crippen LogP contribution in [0.15, 0.2) is 61.1 Å². The van der Waals surface area contributed by atoms with Crippen LogP contribution in [0, 0.1) is 11.7 Å². The molecule has 0 unspecified atom stereocenters. The van der Waals surface area contributed by atoms with E-state index in [1.54, 1.807) is 12.3 Å². The lowest BCUT2D eigenvalue weighted by molar-refractivity contribution is 0.0687. The molecule has 3 heterocycles. The minimum absolute atomic E-state index is 0.00985. The molecule has 6 nitrogen and oxygen atoms in total. The Hall–Kier alpha value is -3.32. The van der Waals surface area contributed by atoms with Gasteiger partial charge in [-0.05, 0) is 47.4 Å². The van der Waals surface area contributed by atoms with Gasteiger partial charge in [-0.25, -0.2) is 9.37 Å². The van der Waals surface area contributed by atoms with Crippen molar-refractivity contribution in [2.75, 3.05) is 25.1 Å². The summed E-state index contributed by atoms with van der Waals surface area (Å²) < 4.78 is 13.8. The lowest BCUT2D eigenvalue weighted by Gasteiger charge is -2.44. The Morgan fingerprint density at radius 1 is 1.19 bits per heavy atom. The first-order valence-electron chi connectivity index (χ1n) is 10.4. The third-order valence-corrected chi connectivity index (χ3v) is 6.55. The second-order valence-corrected chi connectivity index (χ2v) is 8.13. The molecule has 2 aliphatic heterocycles. The Balaban J connectivity index is 1.61. The summed E-state index contributed by atoms with van der Waals surface area (Å²) in [4.78, 5) is 25.5. The Bertz CT molecular complexity index is 1120. The van der Waals surface area contributed by atoms with E-state index < -0.39 is 0 Å². The Morgan fingerprint density at radius 3 is 2.77 bits per heavy atom. The average Bonchev–Trinajstić information content (AvgIpc) is 3.24. The summed E-state index contributed by atoms with van der Waals surface area (Å²) in [5.74, 6) is -0.360. The molecule has 7 heteroatoms. The zero-order valence-corrected chi connectivity index (χ0v) is 17.1. The number of halogens is 1. The fourth-order valence-electron chi connectivity index (χ4n) is 5.09. The van der Waals surface area contributed by atoms with Crippen LogP contribution in [-0.2, 0) is 0 Å². The van der Waals surface area contributed by atoms with Crippen LogP contribution < -0.4 is 4.90 Å². The van der Waals surface area contributed by atoms with E-state index in [0.717, 1.165) is 28.8 Å². The van der Waals surface area contributed by atoms with Gasteiger partial charge in [0.15, 0.2) is 0 Å². The number of likely N-dealkylation sites (N-methyl/N-ethyl adjacent to an activating group) is 1. The van der Waals surface area contributed by atoms with Crippen molar-refractivity contribution >= 4 is 11.6 Å². The fourth-order valence-corrected chi connectivity index (χ4v) is 5.09. The number of carbonyl (C=O) groups excluding carboxylic acids is 1. The van der Waals surface area contributed by atoms with Crippen LogP contribution in [0.5, 0.6) is 0 Å². The van der Waals surface area contributed by atoms with Crippen molar-refractivity contribution in [1.29, 1.82) is 0 Å². The SMILES string of the molecule is CN1c2ccc(-c3cccc(F)c3)cc2[C@@H]2[C@@H](CCN2C(=O)c2cnccn2)[C@H]1CO. The van der Waals surface area contributed by atoms with Crippen LogP contribution in [0.25, 0.3) is 11.1 Å². The number of aliphatic hydroxyl groups is 1. The van der Waals surface area contributed by atoms with E-state index in [9.17, 15) is 14.3 Å². The van der Waals surface area contributed by atoms with Crippen molar-refractivity contribution in [1.82, 2.24) is 14.9 Å². The third kappa shape index (κ3) is 3.25. The van der Waals surface area contributed by atoms with Crippen molar-refractivity contribution < 1.29 is 14.3 Å². The van der Waals surface area contributed by atoms with Crippen LogP contribution >= 0.6 is 0 Å². The lowest BCUT2D eigenvalue weighted by atomic mass is 9.81. The van der Waals surface area contributed by atoms with E-state index in [1.807, 2.05) is 36.2 Å². The number of hydrogen-bond donors (Lipinski definition) is 1. The van der Waals surface area contributed by atoms with Gasteiger partial charge in [-0.1, -0.05) is 18.2 Å². The van der Waals surface area contributed by atoms with Crippen LogP contribution in [-0.4, -0.2) is 52.1 Å². The van der Waals surface area contributed by atoms with Gasteiger partial charge in [0.1, 0.15) is 11.5 Å². The largest absolute Gasteiger partial charge is 0.394 e. The third-order valence-electron chi connectivity index (χ3n) is 6.55. The van der Waals surface area contributed by atoms with Gasteiger partial charge >= 0.3 is 0 Å². The van der Waals surface area contributed by atoms with Crippen molar-refractivity contribution in [3.8, 4) is 11.1 Å². The van der Waals surface area contributed by atoms with Gasteiger partial charge in [0.05, 0.1) is 24.9 Å². The van der Waals surface area contributed by atoms with E-state index in [1.165, 1.54) is 24.5 Å². The second kappa shape index (κ2) is 7.74. The highest BCUT2D eigenvalue weighted by Gasteiger charge is 2.48. The topological polar surface area (TPSA) is 69.6 Å². The van der Waals surface area contributed by atoms with E-state index in [0.29, 0.717) is 12.2 Å². The molecule has 0 aliphatic carbocycles. The summed E-state index contributed by atoms with van der Waals surface area (Å²) in [6, 6.07) is 12.2. The summed E-state index contributed by atoms with van der Waals surface area (Å²) >= 11 is 0. The number of benzene rings is 2. The maximum Gasteiger partial charge on any atom is 0.274 e. The van der Waals surface area contributed by atoms with Gasteiger partial charge in [0, 0.05) is 37.6 Å². The second-order valence-electron chi connectivity index (χ2n) is 8.13. The average molecular weight is 418 g/mol. The maximum atomic E-state index is 13.8. The molecule has 2 aliphatic rings. The summed E-state index contributed by atoms with van der Waals surface area (Å²) in [6.45, 7) is 0.592. The Morgan fingerprint density at radius 2 is 2.03 bits per heavy atom. The number of aromatic nitrogens is 2. The minimum atomic E-state index is -0.286. The number of anilines is 1.